The highest BCUT2D eigenvalue weighted by molar-refractivity contribution is 6.07. The predicted octanol–water partition coefficient (Wildman–Crippen LogP) is 5.48. The molecule has 0 bridgehead atoms. The van der Waals surface area contributed by atoms with Crippen molar-refractivity contribution in [2.45, 2.75) is 19.4 Å². The van der Waals surface area contributed by atoms with Gasteiger partial charge in [0, 0.05) is 11.1 Å². The molecule has 1 aliphatic rings. The van der Waals surface area contributed by atoms with Crippen molar-refractivity contribution in [3.63, 3.8) is 0 Å². The van der Waals surface area contributed by atoms with Crippen molar-refractivity contribution in [3.8, 4) is 17.2 Å². The molecule has 0 N–H and O–H groups in total. The zero-order valence-electron chi connectivity index (χ0n) is 18.0. The van der Waals surface area contributed by atoms with E-state index in [4.69, 9.17) is 14.2 Å². The Kier molecular flexibility index (Phi) is 6.85. The van der Waals surface area contributed by atoms with Gasteiger partial charge in [-0.2, -0.15) is 5.10 Å². The number of methoxy groups -OCH3 is 1. The molecule has 4 rings (SSSR count). The number of benzene rings is 2. The average Bonchev–Trinajstić information content (AvgIpc) is 3.27. The van der Waals surface area contributed by atoms with Gasteiger partial charge in [0.25, 0.3) is 12.9 Å². The number of carbonyl (C=O) groups excluding carboxylic acids is 1. The Labute approximate surface area is 192 Å². The number of hydrogen-bond donors (Lipinski definition) is 0. The number of nitrogens with zero attached hydrogens (tertiary/aromatic N) is 2. The Morgan fingerprint density at radius 1 is 1.06 bits per heavy atom. The van der Waals surface area contributed by atoms with E-state index in [0.29, 0.717) is 53.2 Å². The van der Waals surface area contributed by atoms with Crippen LogP contribution >= 0.6 is 0 Å². The fourth-order valence-corrected chi connectivity index (χ4v) is 3.51. The van der Waals surface area contributed by atoms with Crippen LogP contribution in [-0.2, 0) is 6.54 Å². The smallest absolute Gasteiger partial charge is 0.282 e. The second kappa shape index (κ2) is 9.98. The second-order valence-electron chi connectivity index (χ2n) is 7.38. The van der Waals surface area contributed by atoms with Crippen molar-refractivity contribution in [3.05, 3.63) is 76.6 Å². The number of carbonyl (C=O) groups is 1. The zero-order valence-corrected chi connectivity index (χ0v) is 18.0. The van der Waals surface area contributed by atoms with Crippen LogP contribution in [0.4, 0.5) is 17.6 Å². The highest BCUT2D eigenvalue weighted by Crippen LogP contribution is 2.31. The third-order valence-corrected chi connectivity index (χ3v) is 5.16. The average molecular weight is 476 g/mol. The number of allylic oxidation sites excluding steroid dienone is 1. The first-order valence-electron chi connectivity index (χ1n) is 10.3. The van der Waals surface area contributed by atoms with Gasteiger partial charge in [0.2, 0.25) is 0 Å². The van der Waals surface area contributed by atoms with Gasteiger partial charge in [-0.3, -0.25) is 9.48 Å². The molecule has 0 amide bonds. The van der Waals surface area contributed by atoms with E-state index in [0.717, 1.165) is 4.68 Å². The maximum atomic E-state index is 13.3. The third-order valence-electron chi connectivity index (χ3n) is 5.16. The lowest BCUT2D eigenvalue weighted by Crippen LogP contribution is -2.15. The van der Waals surface area contributed by atoms with Gasteiger partial charge in [0.1, 0.15) is 30.4 Å². The summed E-state index contributed by atoms with van der Waals surface area (Å²) in [4.78, 5) is 12.6. The summed E-state index contributed by atoms with van der Waals surface area (Å²) in [6, 6.07) is 10.5. The van der Waals surface area contributed by atoms with E-state index in [2.05, 4.69) is 5.10 Å². The molecule has 1 aliphatic heterocycles. The maximum Gasteiger partial charge on any atom is 0.282 e. The van der Waals surface area contributed by atoms with E-state index < -0.39 is 24.2 Å². The van der Waals surface area contributed by atoms with Crippen LogP contribution in [0.25, 0.3) is 6.08 Å². The number of fused-ring (bicyclic) bond motifs is 1. The van der Waals surface area contributed by atoms with Crippen LogP contribution in [0.5, 0.6) is 17.2 Å². The quantitative estimate of drug-likeness (QED) is 0.245. The lowest BCUT2D eigenvalue weighted by molar-refractivity contribution is 0.104. The number of rotatable bonds is 8. The van der Waals surface area contributed by atoms with Crippen molar-refractivity contribution in [1.29, 1.82) is 0 Å². The lowest BCUT2D eigenvalue weighted by Gasteiger charge is -2.18. The molecule has 0 radical (unpaired) electrons. The van der Waals surface area contributed by atoms with Crippen LogP contribution in [0.3, 0.4) is 0 Å². The number of ether oxygens (including phenoxy) is 3. The Morgan fingerprint density at radius 2 is 1.82 bits per heavy atom. The van der Waals surface area contributed by atoms with Gasteiger partial charge in [-0.05, 0) is 48.0 Å². The number of alkyl halides is 4. The van der Waals surface area contributed by atoms with E-state index in [1.165, 1.54) is 13.2 Å². The van der Waals surface area contributed by atoms with E-state index in [1.807, 2.05) is 0 Å². The topological polar surface area (TPSA) is 62.6 Å². The van der Waals surface area contributed by atoms with Gasteiger partial charge in [0.05, 0.1) is 13.7 Å². The van der Waals surface area contributed by atoms with Crippen molar-refractivity contribution in [2.24, 2.45) is 0 Å². The highest BCUT2D eigenvalue weighted by atomic mass is 19.3. The molecular formula is C24H20F4N2O4. The van der Waals surface area contributed by atoms with Crippen LogP contribution in [0.2, 0.25) is 0 Å². The first kappa shape index (κ1) is 23.3. The van der Waals surface area contributed by atoms with E-state index >= 15 is 0 Å². The van der Waals surface area contributed by atoms with Gasteiger partial charge in [-0.25, -0.2) is 17.6 Å². The summed E-state index contributed by atoms with van der Waals surface area (Å²) in [5, 5.41) is 3.62. The van der Waals surface area contributed by atoms with E-state index in [-0.39, 0.29) is 12.3 Å². The minimum absolute atomic E-state index is 0.215. The molecule has 2 heterocycles. The number of hydrogen-bond acceptors (Lipinski definition) is 5. The van der Waals surface area contributed by atoms with Gasteiger partial charge in [-0.1, -0.05) is 12.1 Å². The van der Waals surface area contributed by atoms with Gasteiger partial charge < -0.3 is 14.2 Å². The Morgan fingerprint density at radius 3 is 2.53 bits per heavy atom. The summed E-state index contributed by atoms with van der Waals surface area (Å²) >= 11 is 0. The molecule has 0 saturated carbocycles. The molecule has 178 valence electrons. The molecular weight excluding hydrogens is 456 g/mol. The number of aromatic nitrogens is 2. The summed E-state index contributed by atoms with van der Waals surface area (Å²) in [5.74, 6) is 1.16. The summed E-state index contributed by atoms with van der Waals surface area (Å²) in [5.41, 5.74) is 0.0816. The number of ketones is 1. The van der Waals surface area contributed by atoms with Crippen LogP contribution in [0, 0.1) is 0 Å². The van der Waals surface area contributed by atoms with Crippen LogP contribution in [0.1, 0.15) is 45.7 Å². The SMILES string of the molecule is COc1ccc(/C=C/C(=O)c2ccc3c(c2)OCCO3)cc1Cn1nc(C(F)F)cc1C(F)F. The molecule has 6 nitrogen and oxygen atoms in total. The lowest BCUT2D eigenvalue weighted by atomic mass is 10.1. The van der Waals surface area contributed by atoms with Gasteiger partial charge in [-0.15, -0.1) is 0 Å². The molecule has 0 spiro atoms. The fraction of sp³-hybridized carbons (Fsp3) is 0.250. The molecule has 0 atom stereocenters. The molecule has 3 aromatic rings. The Hall–Kier alpha value is -3.82. The first-order valence-corrected chi connectivity index (χ1v) is 10.3. The third kappa shape index (κ3) is 5.05. The normalized spacial score (nSPS) is 13.1. The summed E-state index contributed by atoms with van der Waals surface area (Å²) in [6.45, 7) is 0.631. The molecule has 0 saturated heterocycles. The minimum atomic E-state index is -2.97. The van der Waals surface area contributed by atoms with E-state index in [9.17, 15) is 22.4 Å². The monoisotopic (exact) mass is 476 g/mol. The molecule has 34 heavy (non-hydrogen) atoms. The summed E-state index contributed by atoms with van der Waals surface area (Å²) in [7, 11) is 1.40. The number of halogens is 4. The molecule has 2 aromatic carbocycles. The maximum absolute atomic E-state index is 13.3. The van der Waals surface area contributed by atoms with Crippen LogP contribution in [-0.4, -0.2) is 35.9 Å². The van der Waals surface area contributed by atoms with Crippen molar-refractivity contribution in [1.82, 2.24) is 9.78 Å². The van der Waals surface area contributed by atoms with Crippen LogP contribution in [0.15, 0.2) is 48.5 Å². The van der Waals surface area contributed by atoms with E-state index in [1.54, 1.807) is 42.5 Å². The summed E-state index contributed by atoms with van der Waals surface area (Å²) < 4.78 is 69.7. The summed E-state index contributed by atoms with van der Waals surface area (Å²) in [6.07, 6.45) is -3.02. The van der Waals surface area contributed by atoms with Crippen molar-refractivity contribution >= 4 is 11.9 Å². The fourth-order valence-electron chi connectivity index (χ4n) is 3.51. The van der Waals surface area contributed by atoms with Crippen molar-refractivity contribution < 1.29 is 36.6 Å². The standard InChI is InChI=1S/C24H20F4N2O4/c1-32-20-6-3-14(2-5-19(31)15-4-7-21-22(11-15)34-9-8-33-21)10-16(20)13-30-18(24(27)28)12-17(29-30)23(25)26/h2-7,10-12,23-24H,8-9,13H2,1H3/b5-2+. The van der Waals surface area contributed by atoms with Gasteiger partial charge >= 0.3 is 0 Å². The minimum Gasteiger partial charge on any atom is -0.496 e. The Balaban J connectivity index is 1.57. The molecule has 0 unspecified atom stereocenters. The first-order chi connectivity index (χ1) is 16.4. The molecule has 1 aromatic heterocycles. The van der Waals surface area contributed by atoms with Crippen molar-refractivity contribution in [2.75, 3.05) is 20.3 Å². The van der Waals surface area contributed by atoms with Gasteiger partial charge in [0.15, 0.2) is 17.3 Å². The largest absolute Gasteiger partial charge is 0.496 e. The second-order valence-corrected chi connectivity index (χ2v) is 7.38. The van der Waals surface area contributed by atoms with Crippen LogP contribution < -0.4 is 14.2 Å². The highest BCUT2D eigenvalue weighted by Gasteiger charge is 2.22. The molecule has 0 aliphatic carbocycles. The molecule has 0 fully saturated rings. The molecule has 10 heteroatoms. The zero-order chi connectivity index (χ0) is 24.2. The predicted molar refractivity (Wildman–Crippen MR) is 115 cm³/mol. The Bertz CT molecular complexity index is 1220.